The number of nitrogens with one attached hydrogen (secondary N) is 1. The third-order valence-corrected chi connectivity index (χ3v) is 3.96. The third kappa shape index (κ3) is 4.21. The maximum absolute atomic E-state index is 6.05. The number of para-hydroxylation sites is 1. The lowest BCUT2D eigenvalue weighted by Crippen LogP contribution is -2.13. The lowest BCUT2D eigenvalue weighted by atomic mass is 10.1. The van der Waals surface area contributed by atoms with Gasteiger partial charge in [-0.3, -0.25) is 0 Å². The molecule has 106 valence electrons. The summed E-state index contributed by atoms with van der Waals surface area (Å²) >= 11 is 2.30. The van der Waals surface area contributed by atoms with E-state index in [4.69, 9.17) is 4.74 Å². The first-order valence-electron chi connectivity index (χ1n) is 6.93. The van der Waals surface area contributed by atoms with E-state index >= 15 is 0 Å². The highest BCUT2D eigenvalue weighted by atomic mass is 127. The molecule has 0 spiro atoms. The molecule has 0 saturated heterocycles. The van der Waals surface area contributed by atoms with Crippen LogP contribution in [0.1, 0.15) is 24.5 Å². The second-order valence-corrected chi connectivity index (χ2v) is 5.97. The highest BCUT2D eigenvalue weighted by molar-refractivity contribution is 14.1. The van der Waals surface area contributed by atoms with Crippen LogP contribution in [-0.4, -0.2) is 6.54 Å². The third-order valence-electron chi connectivity index (χ3n) is 3.07. The molecule has 0 aliphatic rings. The van der Waals surface area contributed by atoms with Gasteiger partial charge >= 0.3 is 0 Å². The zero-order valence-corrected chi connectivity index (χ0v) is 14.1. The van der Waals surface area contributed by atoms with Crippen LogP contribution < -0.4 is 10.1 Å². The summed E-state index contributed by atoms with van der Waals surface area (Å²) < 4.78 is 7.18. The molecular weight excluding hydrogens is 361 g/mol. The van der Waals surface area contributed by atoms with Crippen LogP contribution in [0.25, 0.3) is 0 Å². The molecule has 2 aromatic rings. The number of halogens is 1. The second kappa shape index (κ2) is 7.64. The largest absolute Gasteiger partial charge is 0.456 e. The van der Waals surface area contributed by atoms with Crippen molar-refractivity contribution in [2.75, 3.05) is 6.54 Å². The normalized spacial score (nSPS) is 10.6. The number of rotatable bonds is 6. The molecule has 0 aliphatic carbocycles. The lowest BCUT2D eigenvalue weighted by molar-refractivity contribution is 0.474. The highest BCUT2D eigenvalue weighted by Crippen LogP contribution is 2.29. The first-order chi connectivity index (χ1) is 9.70. The van der Waals surface area contributed by atoms with Crippen LogP contribution in [0.15, 0.2) is 42.5 Å². The minimum absolute atomic E-state index is 0.885. The molecule has 0 heterocycles. The molecule has 3 heteroatoms. The lowest BCUT2D eigenvalue weighted by Gasteiger charge is -2.12. The topological polar surface area (TPSA) is 21.3 Å². The van der Waals surface area contributed by atoms with Crippen molar-refractivity contribution in [3.63, 3.8) is 0 Å². The van der Waals surface area contributed by atoms with Crippen molar-refractivity contribution in [2.45, 2.75) is 26.8 Å². The van der Waals surface area contributed by atoms with Gasteiger partial charge in [0.2, 0.25) is 0 Å². The molecule has 1 N–H and O–H groups in total. The van der Waals surface area contributed by atoms with E-state index in [1.807, 2.05) is 18.2 Å². The van der Waals surface area contributed by atoms with Crippen LogP contribution in [0.5, 0.6) is 11.5 Å². The van der Waals surface area contributed by atoms with E-state index in [2.05, 4.69) is 66.0 Å². The van der Waals surface area contributed by atoms with Crippen molar-refractivity contribution in [3.8, 4) is 11.5 Å². The minimum Gasteiger partial charge on any atom is -0.456 e. The average Bonchev–Trinajstić information content (AvgIpc) is 2.45. The average molecular weight is 381 g/mol. The van der Waals surface area contributed by atoms with Crippen LogP contribution in [0, 0.1) is 10.5 Å². The molecule has 0 bridgehead atoms. The number of hydrogen-bond donors (Lipinski definition) is 1. The molecule has 0 unspecified atom stereocenters. The molecule has 0 aliphatic heterocycles. The molecule has 0 radical (unpaired) electrons. The van der Waals surface area contributed by atoms with Crippen molar-refractivity contribution < 1.29 is 4.74 Å². The summed E-state index contributed by atoms with van der Waals surface area (Å²) in [5.74, 6) is 1.85. The predicted octanol–water partition coefficient (Wildman–Crippen LogP) is 4.89. The molecule has 2 rings (SSSR count). The van der Waals surface area contributed by atoms with Gasteiger partial charge in [-0.15, -0.1) is 0 Å². The summed E-state index contributed by atoms with van der Waals surface area (Å²) in [5.41, 5.74) is 2.41. The molecule has 0 amide bonds. The van der Waals surface area contributed by atoms with Gasteiger partial charge in [0.15, 0.2) is 0 Å². The Kier molecular flexibility index (Phi) is 5.86. The fourth-order valence-electron chi connectivity index (χ4n) is 1.92. The van der Waals surface area contributed by atoms with Gasteiger partial charge in [-0.1, -0.05) is 31.2 Å². The Balaban J connectivity index is 2.14. The summed E-state index contributed by atoms with van der Waals surface area (Å²) in [5, 5.41) is 3.42. The SMILES string of the molecule is CCCNCc1ccc(C)c(Oc2ccccc2I)c1. The van der Waals surface area contributed by atoms with Gasteiger partial charge in [-0.2, -0.15) is 0 Å². The molecule has 20 heavy (non-hydrogen) atoms. The summed E-state index contributed by atoms with van der Waals surface area (Å²) in [6, 6.07) is 14.5. The maximum atomic E-state index is 6.05. The number of benzene rings is 2. The van der Waals surface area contributed by atoms with Crippen LogP contribution in [0.4, 0.5) is 0 Å². The van der Waals surface area contributed by atoms with Gasteiger partial charge in [-0.25, -0.2) is 0 Å². The van der Waals surface area contributed by atoms with Gasteiger partial charge < -0.3 is 10.1 Å². The fourth-order valence-corrected chi connectivity index (χ4v) is 2.42. The molecule has 0 saturated carbocycles. The van der Waals surface area contributed by atoms with Crippen molar-refractivity contribution in [1.29, 1.82) is 0 Å². The van der Waals surface area contributed by atoms with Gasteiger partial charge in [0.1, 0.15) is 11.5 Å². The summed E-state index contributed by atoms with van der Waals surface area (Å²) in [6.07, 6.45) is 1.15. The molecule has 2 aromatic carbocycles. The summed E-state index contributed by atoms with van der Waals surface area (Å²) in [7, 11) is 0. The Morgan fingerprint density at radius 3 is 2.65 bits per heavy atom. The van der Waals surface area contributed by atoms with Crippen molar-refractivity contribution in [2.24, 2.45) is 0 Å². The highest BCUT2D eigenvalue weighted by Gasteiger charge is 2.05. The van der Waals surface area contributed by atoms with E-state index < -0.39 is 0 Å². The monoisotopic (exact) mass is 381 g/mol. The van der Waals surface area contributed by atoms with E-state index in [1.54, 1.807) is 0 Å². The van der Waals surface area contributed by atoms with E-state index in [9.17, 15) is 0 Å². The first kappa shape index (κ1) is 15.3. The molecular formula is C17H20INO. The van der Waals surface area contributed by atoms with Crippen molar-refractivity contribution in [3.05, 3.63) is 57.2 Å². The van der Waals surface area contributed by atoms with Crippen LogP contribution in [-0.2, 0) is 6.54 Å². The Bertz CT molecular complexity index is 569. The van der Waals surface area contributed by atoms with Crippen molar-refractivity contribution >= 4 is 22.6 Å². The summed E-state index contributed by atoms with van der Waals surface area (Å²) in [6.45, 7) is 6.18. The predicted molar refractivity (Wildman–Crippen MR) is 92.4 cm³/mol. The first-order valence-corrected chi connectivity index (χ1v) is 8.01. The molecule has 0 atom stereocenters. The van der Waals surface area contributed by atoms with Gasteiger partial charge in [0.05, 0.1) is 3.57 Å². The molecule has 0 fully saturated rings. The van der Waals surface area contributed by atoms with Crippen LogP contribution in [0.3, 0.4) is 0 Å². The van der Waals surface area contributed by atoms with Crippen LogP contribution in [0.2, 0.25) is 0 Å². The Morgan fingerprint density at radius 2 is 1.90 bits per heavy atom. The van der Waals surface area contributed by atoms with E-state index in [-0.39, 0.29) is 0 Å². The Hall–Kier alpha value is -1.07. The zero-order valence-electron chi connectivity index (χ0n) is 11.9. The Morgan fingerprint density at radius 1 is 1.10 bits per heavy atom. The minimum atomic E-state index is 0.885. The fraction of sp³-hybridized carbons (Fsp3) is 0.294. The molecule has 0 aromatic heterocycles. The number of ether oxygens (including phenoxy) is 1. The van der Waals surface area contributed by atoms with Gasteiger partial charge in [0.25, 0.3) is 0 Å². The van der Waals surface area contributed by atoms with Gasteiger partial charge in [0, 0.05) is 6.54 Å². The van der Waals surface area contributed by atoms with Crippen LogP contribution >= 0.6 is 22.6 Å². The summed E-state index contributed by atoms with van der Waals surface area (Å²) in [4.78, 5) is 0. The van der Waals surface area contributed by atoms with Crippen molar-refractivity contribution in [1.82, 2.24) is 5.32 Å². The standard InChI is InChI=1S/C17H20INO/c1-3-10-19-12-14-9-8-13(2)17(11-14)20-16-7-5-4-6-15(16)18/h4-9,11,19H,3,10,12H2,1-2H3. The number of aryl methyl sites for hydroxylation is 1. The quantitative estimate of drug-likeness (QED) is 0.568. The molecule has 2 nitrogen and oxygen atoms in total. The van der Waals surface area contributed by atoms with Gasteiger partial charge in [-0.05, 0) is 71.8 Å². The smallest absolute Gasteiger partial charge is 0.140 e. The van der Waals surface area contributed by atoms with E-state index in [0.29, 0.717) is 0 Å². The second-order valence-electron chi connectivity index (χ2n) is 4.81. The van der Waals surface area contributed by atoms with E-state index in [1.165, 1.54) is 5.56 Å². The zero-order chi connectivity index (χ0) is 14.4. The van der Waals surface area contributed by atoms with E-state index in [0.717, 1.165) is 40.1 Å². The maximum Gasteiger partial charge on any atom is 0.140 e. The number of hydrogen-bond acceptors (Lipinski definition) is 2. The Labute approximate surface area is 134 Å².